The molecule has 6 nitrogen and oxygen atoms in total. The van der Waals surface area contributed by atoms with Crippen LogP contribution >= 0.6 is 0 Å². The Bertz CT molecular complexity index is 755. The first-order chi connectivity index (χ1) is 12.4. The van der Waals surface area contributed by atoms with Crippen molar-refractivity contribution in [3.63, 3.8) is 0 Å². The largest absolute Gasteiger partial charge is 0.393 e. The van der Waals surface area contributed by atoms with E-state index >= 15 is 0 Å². The SMILES string of the molecule is CC(O)CCNS(=O)(=O)c1ccc2c(c1)CCN(C(=O)C1CCCC1)C2. The molecular weight excluding hydrogens is 352 g/mol. The molecule has 0 saturated heterocycles. The Morgan fingerprint density at radius 1 is 1.31 bits per heavy atom. The van der Waals surface area contributed by atoms with Crippen LogP contribution < -0.4 is 4.72 Å². The van der Waals surface area contributed by atoms with Gasteiger partial charge < -0.3 is 10.0 Å². The highest BCUT2D eigenvalue weighted by atomic mass is 32.2. The third-order valence-electron chi connectivity index (χ3n) is 5.37. The standard InChI is InChI=1S/C19H28N2O4S/c1-14(22)8-10-20-26(24,25)18-7-6-17-13-21(11-9-16(17)12-18)19(23)15-4-2-3-5-15/h6-7,12,14-15,20,22H,2-5,8-11,13H2,1H3. The van der Waals surface area contributed by atoms with E-state index in [1.165, 1.54) is 0 Å². The fourth-order valence-corrected chi connectivity index (χ4v) is 4.90. The highest BCUT2D eigenvalue weighted by molar-refractivity contribution is 7.89. The van der Waals surface area contributed by atoms with Gasteiger partial charge in [0.25, 0.3) is 0 Å². The highest BCUT2D eigenvalue weighted by Gasteiger charge is 2.29. The lowest BCUT2D eigenvalue weighted by Crippen LogP contribution is -2.39. The van der Waals surface area contributed by atoms with Gasteiger partial charge in [-0.25, -0.2) is 13.1 Å². The van der Waals surface area contributed by atoms with Crippen LogP contribution in [0.2, 0.25) is 0 Å². The number of rotatable bonds is 6. The van der Waals surface area contributed by atoms with Gasteiger partial charge in [0.05, 0.1) is 11.0 Å². The van der Waals surface area contributed by atoms with E-state index in [1.54, 1.807) is 19.1 Å². The Kier molecular flexibility index (Phi) is 5.99. The van der Waals surface area contributed by atoms with Crippen LogP contribution in [-0.4, -0.2) is 43.5 Å². The van der Waals surface area contributed by atoms with Crippen molar-refractivity contribution in [2.45, 2.75) is 63.0 Å². The summed E-state index contributed by atoms with van der Waals surface area (Å²) in [6.45, 7) is 3.06. The summed E-state index contributed by atoms with van der Waals surface area (Å²) in [7, 11) is -3.57. The summed E-state index contributed by atoms with van der Waals surface area (Å²) < 4.78 is 27.3. The zero-order valence-corrected chi connectivity index (χ0v) is 16.1. The minimum absolute atomic E-state index is 0.175. The van der Waals surface area contributed by atoms with Crippen LogP contribution in [0, 0.1) is 5.92 Å². The molecule has 1 aliphatic heterocycles. The van der Waals surface area contributed by atoms with E-state index in [2.05, 4.69) is 4.72 Å². The van der Waals surface area contributed by atoms with Gasteiger partial charge in [-0.2, -0.15) is 0 Å². The predicted octanol–water partition coefficient (Wildman–Crippen LogP) is 1.81. The van der Waals surface area contributed by atoms with Crippen molar-refractivity contribution in [3.8, 4) is 0 Å². The molecular formula is C19H28N2O4S. The van der Waals surface area contributed by atoms with E-state index in [-0.39, 0.29) is 23.3 Å². The van der Waals surface area contributed by atoms with Gasteiger partial charge in [-0.3, -0.25) is 4.79 Å². The topological polar surface area (TPSA) is 86.7 Å². The van der Waals surface area contributed by atoms with E-state index in [1.807, 2.05) is 11.0 Å². The number of sulfonamides is 1. The van der Waals surface area contributed by atoms with E-state index in [0.717, 1.165) is 36.8 Å². The van der Waals surface area contributed by atoms with Crippen molar-refractivity contribution in [1.29, 1.82) is 0 Å². The number of benzene rings is 1. The van der Waals surface area contributed by atoms with Gasteiger partial charge >= 0.3 is 0 Å². The van der Waals surface area contributed by atoms with Crippen molar-refractivity contribution in [1.82, 2.24) is 9.62 Å². The van der Waals surface area contributed by atoms with Crippen molar-refractivity contribution >= 4 is 15.9 Å². The summed E-state index contributed by atoms with van der Waals surface area (Å²) in [5, 5.41) is 9.26. The molecule has 144 valence electrons. The summed E-state index contributed by atoms with van der Waals surface area (Å²) in [6.07, 6.45) is 4.81. The molecule has 1 saturated carbocycles. The van der Waals surface area contributed by atoms with Gasteiger partial charge in [0.2, 0.25) is 15.9 Å². The highest BCUT2D eigenvalue weighted by Crippen LogP contribution is 2.29. The number of aliphatic hydroxyl groups excluding tert-OH is 1. The Hall–Kier alpha value is -1.44. The molecule has 1 aliphatic carbocycles. The van der Waals surface area contributed by atoms with Crippen LogP contribution in [0.5, 0.6) is 0 Å². The molecule has 1 atom stereocenters. The maximum Gasteiger partial charge on any atom is 0.240 e. The maximum absolute atomic E-state index is 12.6. The first-order valence-corrected chi connectivity index (χ1v) is 10.9. The second-order valence-electron chi connectivity index (χ2n) is 7.46. The van der Waals surface area contributed by atoms with Crippen LogP contribution in [-0.2, 0) is 27.8 Å². The molecule has 2 N–H and O–H groups in total. The van der Waals surface area contributed by atoms with Crippen LogP contribution in [0.1, 0.15) is 50.2 Å². The first-order valence-electron chi connectivity index (χ1n) is 9.45. The van der Waals surface area contributed by atoms with Crippen LogP contribution in [0.4, 0.5) is 0 Å². The summed E-state index contributed by atoms with van der Waals surface area (Å²) in [5.41, 5.74) is 2.03. The van der Waals surface area contributed by atoms with E-state index < -0.39 is 16.1 Å². The lowest BCUT2D eigenvalue weighted by atomic mass is 9.98. The lowest BCUT2D eigenvalue weighted by molar-refractivity contribution is -0.136. The number of carbonyl (C=O) groups is 1. The molecule has 1 aromatic rings. The normalized spacial score (nSPS) is 19.4. The van der Waals surface area contributed by atoms with Gasteiger partial charge in [0, 0.05) is 25.6 Å². The van der Waals surface area contributed by atoms with Crippen LogP contribution in [0.3, 0.4) is 0 Å². The minimum Gasteiger partial charge on any atom is -0.393 e. The number of fused-ring (bicyclic) bond motifs is 1. The van der Waals surface area contributed by atoms with E-state index in [9.17, 15) is 18.3 Å². The number of hydrogen-bond donors (Lipinski definition) is 2. The summed E-state index contributed by atoms with van der Waals surface area (Å²) in [5.74, 6) is 0.430. The predicted molar refractivity (Wildman–Crippen MR) is 99.0 cm³/mol. The molecule has 0 radical (unpaired) electrons. The van der Waals surface area contributed by atoms with Crippen molar-refractivity contribution in [2.75, 3.05) is 13.1 Å². The van der Waals surface area contributed by atoms with Gasteiger partial charge in [0.1, 0.15) is 0 Å². The Balaban J connectivity index is 1.67. The van der Waals surface area contributed by atoms with E-state index in [4.69, 9.17) is 0 Å². The van der Waals surface area contributed by atoms with E-state index in [0.29, 0.717) is 25.9 Å². The molecule has 0 bridgehead atoms. The second-order valence-corrected chi connectivity index (χ2v) is 9.22. The first kappa shape index (κ1) is 19.3. The number of carbonyl (C=O) groups excluding carboxylic acids is 1. The molecule has 0 aromatic heterocycles. The fraction of sp³-hybridized carbons (Fsp3) is 0.632. The molecule has 0 spiro atoms. The third kappa shape index (κ3) is 4.45. The quantitative estimate of drug-likeness (QED) is 0.788. The zero-order chi connectivity index (χ0) is 18.7. The minimum atomic E-state index is -3.57. The number of hydrogen-bond acceptors (Lipinski definition) is 4. The van der Waals surface area contributed by atoms with Gasteiger partial charge in [0.15, 0.2) is 0 Å². The average Bonchev–Trinajstić information content (AvgIpc) is 3.14. The molecule has 3 rings (SSSR count). The smallest absolute Gasteiger partial charge is 0.240 e. The summed E-state index contributed by atoms with van der Waals surface area (Å²) >= 11 is 0. The monoisotopic (exact) mass is 380 g/mol. The summed E-state index contributed by atoms with van der Waals surface area (Å²) in [6, 6.07) is 5.15. The summed E-state index contributed by atoms with van der Waals surface area (Å²) in [4.78, 5) is 14.8. The maximum atomic E-state index is 12.6. The fourth-order valence-electron chi connectivity index (χ4n) is 3.80. The van der Waals surface area contributed by atoms with Gasteiger partial charge in [-0.1, -0.05) is 18.9 Å². The Morgan fingerprint density at radius 2 is 2.04 bits per heavy atom. The Labute approximate surface area is 155 Å². The molecule has 1 amide bonds. The molecule has 1 heterocycles. The number of amides is 1. The molecule has 7 heteroatoms. The van der Waals surface area contributed by atoms with Crippen molar-refractivity contribution < 1.29 is 18.3 Å². The van der Waals surface area contributed by atoms with Crippen LogP contribution in [0.25, 0.3) is 0 Å². The third-order valence-corrected chi connectivity index (χ3v) is 6.83. The Morgan fingerprint density at radius 3 is 2.73 bits per heavy atom. The number of aliphatic hydroxyl groups is 1. The van der Waals surface area contributed by atoms with Gasteiger partial charge in [-0.15, -0.1) is 0 Å². The lowest BCUT2D eigenvalue weighted by Gasteiger charge is -2.31. The molecule has 2 aliphatic rings. The van der Waals surface area contributed by atoms with Crippen molar-refractivity contribution in [3.05, 3.63) is 29.3 Å². The average molecular weight is 381 g/mol. The molecule has 1 fully saturated rings. The molecule has 1 aromatic carbocycles. The number of nitrogens with zero attached hydrogens (tertiary/aromatic N) is 1. The van der Waals surface area contributed by atoms with Crippen molar-refractivity contribution in [2.24, 2.45) is 5.92 Å². The van der Waals surface area contributed by atoms with Crippen LogP contribution in [0.15, 0.2) is 23.1 Å². The van der Waals surface area contributed by atoms with Gasteiger partial charge in [-0.05, 0) is 55.9 Å². The zero-order valence-electron chi connectivity index (χ0n) is 15.3. The molecule has 26 heavy (non-hydrogen) atoms. The molecule has 1 unspecified atom stereocenters. The number of nitrogens with one attached hydrogen (secondary N) is 1. The second kappa shape index (κ2) is 8.06.